The molecule has 0 amide bonds. The summed E-state index contributed by atoms with van der Waals surface area (Å²) in [5, 5.41) is 3.13. The molecule has 1 atom stereocenters. The van der Waals surface area contributed by atoms with Gasteiger partial charge in [0.1, 0.15) is 5.82 Å². The van der Waals surface area contributed by atoms with Gasteiger partial charge < -0.3 is 5.32 Å². The number of halogens is 1. The molecule has 1 aromatic rings. The normalized spacial score (nSPS) is 12.5. The summed E-state index contributed by atoms with van der Waals surface area (Å²) in [7, 11) is 0. The first-order chi connectivity index (χ1) is 7.13. The van der Waals surface area contributed by atoms with E-state index in [2.05, 4.69) is 10.3 Å². The van der Waals surface area contributed by atoms with Crippen LogP contribution in [0, 0.1) is 5.82 Å². The highest BCUT2D eigenvalue weighted by Crippen LogP contribution is 2.06. The highest BCUT2D eigenvalue weighted by atomic mass is 19.1. The Hall–Kier alpha value is -1.29. The zero-order chi connectivity index (χ0) is 11.3. The maximum Gasteiger partial charge on any atom is 0.166 e. The Kier molecular flexibility index (Phi) is 4.37. The number of Topliss-reactive ketones (excluding diaryl/α,β-unsaturated/α-hetero) is 1. The quantitative estimate of drug-likeness (QED) is 0.753. The van der Waals surface area contributed by atoms with Crippen molar-refractivity contribution in [3.8, 4) is 0 Å². The van der Waals surface area contributed by atoms with Crippen LogP contribution in [0.4, 0.5) is 4.39 Å². The van der Waals surface area contributed by atoms with Gasteiger partial charge in [0.2, 0.25) is 0 Å². The van der Waals surface area contributed by atoms with Crippen molar-refractivity contribution in [2.24, 2.45) is 0 Å². The SMILES string of the molecule is CCNC(C)CC(=O)c1cncc(F)c1. The minimum absolute atomic E-state index is 0.0875. The molecule has 1 heterocycles. The fraction of sp³-hybridized carbons (Fsp3) is 0.455. The molecule has 0 aliphatic rings. The van der Waals surface area contributed by atoms with Gasteiger partial charge in [-0.05, 0) is 19.5 Å². The van der Waals surface area contributed by atoms with E-state index in [4.69, 9.17) is 0 Å². The average molecular weight is 210 g/mol. The van der Waals surface area contributed by atoms with E-state index in [1.807, 2.05) is 13.8 Å². The predicted octanol–water partition coefficient (Wildman–Crippen LogP) is 1.79. The van der Waals surface area contributed by atoms with Gasteiger partial charge in [0.05, 0.1) is 6.20 Å². The average Bonchev–Trinajstić information content (AvgIpc) is 2.18. The molecule has 0 aliphatic carbocycles. The molecule has 0 saturated carbocycles. The lowest BCUT2D eigenvalue weighted by Gasteiger charge is -2.10. The van der Waals surface area contributed by atoms with Crippen LogP contribution in [0.1, 0.15) is 30.6 Å². The van der Waals surface area contributed by atoms with Gasteiger partial charge >= 0.3 is 0 Å². The second-order valence-electron chi connectivity index (χ2n) is 3.48. The molecule has 0 spiro atoms. The summed E-state index contributed by atoms with van der Waals surface area (Å²) in [6.45, 7) is 4.72. The van der Waals surface area contributed by atoms with E-state index in [0.717, 1.165) is 12.7 Å². The van der Waals surface area contributed by atoms with Crippen molar-refractivity contribution < 1.29 is 9.18 Å². The van der Waals surface area contributed by atoms with E-state index in [1.165, 1.54) is 12.3 Å². The Morgan fingerprint density at radius 3 is 2.93 bits per heavy atom. The summed E-state index contributed by atoms with van der Waals surface area (Å²) in [6.07, 6.45) is 2.84. The molecular formula is C11H15FN2O. The standard InChI is InChI=1S/C11H15FN2O/c1-3-14-8(2)4-11(15)9-5-10(12)7-13-6-9/h5-8,14H,3-4H2,1-2H3. The molecule has 0 bridgehead atoms. The Bertz CT molecular complexity index is 341. The molecule has 3 nitrogen and oxygen atoms in total. The van der Waals surface area contributed by atoms with Gasteiger partial charge in [-0.15, -0.1) is 0 Å². The largest absolute Gasteiger partial charge is 0.314 e. The first-order valence-corrected chi connectivity index (χ1v) is 5.00. The lowest BCUT2D eigenvalue weighted by Crippen LogP contribution is -2.28. The first kappa shape index (κ1) is 11.8. The highest BCUT2D eigenvalue weighted by Gasteiger charge is 2.11. The fourth-order valence-electron chi connectivity index (χ4n) is 1.38. The number of aromatic nitrogens is 1. The number of nitrogens with zero attached hydrogens (tertiary/aromatic N) is 1. The second-order valence-corrected chi connectivity index (χ2v) is 3.48. The molecule has 1 aromatic heterocycles. The molecule has 0 aromatic carbocycles. The Morgan fingerprint density at radius 1 is 1.60 bits per heavy atom. The molecule has 0 radical (unpaired) electrons. The fourth-order valence-corrected chi connectivity index (χ4v) is 1.38. The van der Waals surface area contributed by atoms with E-state index in [1.54, 1.807) is 0 Å². The van der Waals surface area contributed by atoms with Crippen molar-refractivity contribution in [3.05, 3.63) is 29.8 Å². The third-order valence-corrected chi connectivity index (χ3v) is 2.07. The van der Waals surface area contributed by atoms with Crippen LogP contribution in [0.5, 0.6) is 0 Å². The molecule has 1 unspecified atom stereocenters. The Labute approximate surface area is 88.7 Å². The predicted molar refractivity (Wildman–Crippen MR) is 56.3 cm³/mol. The molecule has 1 N–H and O–H groups in total. The summed E-state index contributed by atoms with van der Waals surface area (Å²) in [5.41, 5.74) is 0.333. The number of ketones is 1. The monoisotopic (exact) mass is 210 g/mol. The van der Waals surface area contributed by atoms with Crippen molar-refractivity contribution in [2.75, 3.05) is 6.54 Å². The molecule has 4 heteroatoms. The number of carbonyl (C=O) groups is 1. The summed E-state index contributed by atoms with van der Waals surface area (Å²) in [6, 6.07) is 1.32. The number of hydrogen-bond acceptors (Lipinski definition) is 3. The highest BCUT2D eigenvalue weighted by molar-refractivity contribution is 5.96. The van der Waals surface area contributed by atoms with E-state index in [9.17, 15) is 9.18 Å². The maximum absolute atomic E-state index is 12.8. The van der Waals surface area contributed by atoms with Crippen LogP contribution in [0.3, 0.4) is 0 Å². The van der Waals surface area contributed by atoms with Crippen LogP contribution < -0.4 is 5.32 Å². The zero-order valence-electron chi connectivity index (χ0n) is 8.96. The maximum atomic E-state index is 12.8. The topological polar surface area (TPSA) is 42.0 Å². The number of carbonyl (C=O) groups excluding carboxylic acids is 1. The van der Waals surface area contributed by atoms with Crippen LogP contribution >= 0.6 is 0 Å². The number of rotatable bonds is 5. The summed E-state index contributed by atoms with van der Waals surface area (Å²) in [5.74, 6) is -0.563. The van der Waals surface area contributed by atoms with Gasteiger partial charge in [0.15, 0.2) is 5.78 Å². The van der Waals surface area contributed by atoms with Gasteiger partial charge in [-0.3, -0.25) is 9.78 Å². The van der Waals surface area contributed by atoms with Gasteiger partial charge in [-0.1, -0.05) is 6.92 Å². The van der Waals surface area contributed by atoms with Gasteiger partial charge in [-0.25, -0.2) is 4.39 Å². The lowest BCUT2D eigenvalue weighted by molar-refractivity contribution is 0.0971. The van der Waals surface area contributed by atoms with Crippen molar-refractivity contribution in [3.63, 3.8) is 0 Å². The molecule has 82 valence electrons. The van der Waals surface area contributed by atoms with E-state index in [-0.39, 0.29) is 11.8 Å². The van der Waals surface area contributed by atoms with Gasteiger partial charge in [-0.2, -0.15) is 0 Å². The van der Waals surface area contributed by atoms with Crippen LogP contribution in [-0.4, -0.2) is 23.4 Å². The minimum atomic E-state index is -0.475. The number of pyridine rings is 1. The van der Waals surface area contributed by atoms with E-state index in [0.29, 0.717) is 12.0 Å². The van der Waals surface area contributed by atoms with Crippen LogP contribution in [-0.2, 0) is 0 Å². The molecular weight excluding hydrogens is 195 g/mol. The minimum Gasteiger partial charge on any atom is -0.314 e. The smallest absolute Gasteiger partial charge is 0.166 e. The Balaban J connectivity index is 2.61. The van der Waals surface area contributed by atoms with Crippen LogP contribution in [0.25, 0.3) is 0 Å². The van der Waals surface area contributed by atoms with Gasteiger partial charge in [0, 0.05) is 24.2 Å². The van der Waals surface area contributed by atoms with Gasteiger partial charge in [0.25, 0.3) is 0 Å². The lowest BCUT2D eigenvalue weighted by atomic mass is 10.1. The zero-order valence-corrected chi connectivity index (χ0v) is 8.96. The van der Waals surface area contributed by atoms with Crippen molar-refractivity contribution in [1.29, 1.82) is 0 Å². The van der Waals surface area contributed by atoms with Crippen LogP contribution in [0.2, 0.25) is 0 Å². The van der Waals surface area contributed by atoms with Crippen LogP contribution in [0.15, 0.2) is 18.5 Å². The summed E-state index contributed by atoms with van der Waals surface area (Å²) >= 11 is 0. The second kappa shape index (κ2) is 5.56. The van der Waals surface area contributed by atoms with Crippen molar-refractivity contribution in [2.45, 2.75) is 26.3 Å². The Morgan fingerprint density at radius 2 is 2.33 bits per heavy atom. The third kappa shape index (κ3) is 3.75. The molecule has 0 fully saturated rings. The first-order valence-electron chi connectivity index (χ1n) is 5.00. The van der Waals surface area contributed by atoms with Crippen molar-refractivity contribution >= 4 is 5.78 Å². The molecule has 0 aliphatic heterocycles. The third-order valence-electron chi connectivity index (χ3n) is 2.07. The summed E-state index contributed by atoms with van der Waals surface area (Å²) in [4.78, 5) is 15.3. The van der Waals surface area contributed by atoms with Crippen molar-refractivity contribution in [1.82, 2.24) is 10.3 Å². The molecule has 15 heavy (non-hydrogen) atoms. The van der Waals surface area contributed by atoms with E-state index < -0.39 is 5.82 Å². The number of nitrogens with one attached hydrogen (secondary N) is 1. The van der Waals surface area contributed by atoms with E-state index >= 15 is 0 Å². The number of hydrogen-bond donors (Lipinski definition) is 1. The molecule has 0 saturated heterocycles. The summed E-state index contributed by atoms with van der Waals surface area (Å²) < 4.78 is 12.8. The molecule has 1 rings (SSSR count).